The molecule has 7 rings (SSSR count). The Morgan fingerprint density at radius 2 is 1.52 bits per heavy atom. The van der Waals surface area contributed by atoms with E-state index < -0.39 is 18.3 Å². The maximum atomic E-state index is 5.98. The number of allylic oxidation sites excluding steroid dienone is 8. The van der Waals surface area contributed by atoms with E-state index in [-0.39, 0.29) is 33.4 Å². The first kappa shape index (κ1) is 34.1. The van der Waals surface area contributed by atoms with E-state index in [4.69, 9.17) is 4.21 Å². The monoisotopic (exact) mass is 706 g/mol. The van der Waals surface area contributed by atoms with Crippen molar-refractivity contribution in [3.8, 4) is 0 Å². The summed E-state index contributed by atoms with van der Waals surface area (Å²) in [6, 6.07) is 19.5. The third kappa shape index (κ3) is 4.27. The van der Waals surface area contributed by atoms with Gasteiger partial charge in [-0.3, -0.25) is 0 Å². The van der Waals surface area contributed by atoms with Crippen LogP contribution in [0.5, 0.6) is 0 Å². The minimum atomic E-state index is -4.78. The number of hydrogen-bond acceptors (Lipinski definition) is 0. The molecule has 0 spiro atoms. The fourth-order valence-corrected chi connectivity index (χ4v) is 32.5. The third-order valence-electron chi connectivity index (χ3n) is 14.1. The van der Waals surface area contributed by atoms with E-state index in [9.17, 15) is 0 Å². The van der Waals surface area contributed by atoms with Gasteiger partial charge in [0.2, 0.25) is 0 Å². The van der Waals surface area contributed by atoms with E-state index in [0.29, 0.717) is 11.8 Å². The molecule has 0 nitrogen and oxygen atoms in total. The average Bonchev–Trinajstić information content (AvgIpc) is 3.65. The topological polar surface area (TPSA) is 0 Å². The second-order valence-electron chi connectivity index (χ2n) is 15.8. The molecule has 0 aromatic heterocycles. The fourth-order valence-electron chi connectivity index (χ4n) is 11.5. The Hall–Kier alpha value is -1.27. The molecule has 0 saturated heterocycles. The maximum absolute atomic E-state index is 5.98. The molecule has 2 aromatic carbocycles. The van der Waals surface area contributed by atoms with Gasteiger partial charge in [-0.15, -0.1) is 24.8 Å². The van der Waals surface area contributed by atoms with E-state index in [2.05, 4.69) is 114 Å². The number of benzene rings is 2. The zero-order chi connectivity index (χ0) is 29.5. The number of halogens is 2. The first-order valence-electron chi connectivity index (χ1n) is 17.0. The van der Waals surface area contributed by atoms with Gasteiger partial charge in [-0.05, 0) is 0 Å². The van der Waals surface area contributed by atoms with Gasteiger partial charge in [0, 0.05) is 0 Å². The molecule has 236 valence electrons. The predicted octanol–water partition coefficient (Wildman–Crippen LogP) is 10.8. The summed E-state index contributed by atoms with van der Waals surface area (Å²) in [5.41, 5.74) is 8.40. The van der Waals surface area contributed by atoms with Gasteiger partial charge in [-0.2, -0.15) is 0 Å². The molecule has 0 bridgehead atoms. The van der Waals surface area contributed by atoms with Crippen molar-refractivity contribution in [2.75, 3.05) is 0 Å². The second kappa shape index (κ2) is 11.8. The SMILES string of the molecule is Cl.Cl.[CH2]=[Zr]([C]1=CC=CC1)([c]1cccc(C)c1)([c]1cccc(C)c1)[C]1(C)C2=C3CC4=CCCCC4C3CCC2CC(C)C1(C)C. The van der Waals surface area contributed by atoms with Crippen LogP contribution < -0.4 is 6.54 Å². The zero-order valence-corrected chi connectivity index (χ0v) is 32.0. The number of hydrogen-bond donors (Lipinski definition) is 0. The Balaban J connectivity index is 0.00000192. The number of rotatable bonds is 4. The van der Waals surface area contributed by atoms with Gasteiger partial charge >= 0.3 is 258 Å². The molecular weight excluding hydrogens is 655 g/mol. The fraction of sp³-hybridized carbons (Fsp3) is 0.488. The molecule has 0 heterocycles. The van der Waals surface area contributed by atoms with Gasteiger partial charge in [-0.25, -0.2) is 0 Å². The first-order valence-corrected chi connectivity index (χ1v) is 23.6. The summed E-state index contributed by atoms with van der Waals surface area (Å²) in [5.74, 6) is 2.87. The number of aryl methyl sites for hydroxylation is 2. The molecule has 5 unspecified atom stereocenters. The molecule has 5 aliphatic carbocycles. The van der Waals surface area contributed by atoms with Crippen molar-refractivity contribution in [3.63, 3.8) is 0 Å². The quantitative estimate of drug-likeness (QED) is 0.278. The molecule has 44 heavy (non-hydrogen) atoms. The molecule has 0 amide bonds. The van der Waals surface area contributed by atoms with Crippen molar-refractivity contribution in [3.05, 3.63) is 104 Å². The van der Waals surface area contributed by atoms with Crippen LogP contribution in [-0.2, 0) is 18.3 Å². The summed E-state index contributed by atoms with van der Waals surface area (Å²) < 4.78 is 10.8. The van der Waals surface area contributed by atoms with Crippen LogP contribution in [0, 0.1) is 42.9 Å². The minimum absolute atomic E-state index is 0. The average molecular weight is 709 g/mol. The van der Waals surface area contributed by atoms with Crippen molar-refractivity contribution >= 4 is 35.6 Å². The molecule has 2 aromatic rings. The summed E-state index contributed by atoms with van der Waals surface area (Å²) in [4.78, 5) is 0. The van der Waals surface area contributed by atoms with Gasteiger partial charge in [0.1, 0.15) is 0 Å². The summed E-state index contributed by atoms with van der Waals surface area (Å²) in [6.45, 7) is 15.3. The van der Waals surface area contributed by atoms with Crippen molar-refractivity contribution in [2.24, 2.45) is 29.1 Å². The van der Waals surface area contributed by atoms with E-state index >= 15 is 0 Å². The second-order valence-corrected chi connectivity index (χ2v) is 29.9. The normalized spacial score (nSPS) is 30.7. The summed E-state index contributed by atoms with van der Waals surface area (Å²) >= 11 is -4.78. The standard InChI is InChI=1S/C21H31.2C7H7.C5H5.CH2.2ClH.Zr/c1-13-11-16-9-10-18-17-8-6-5-7-15(17)12-19(18)20(16)14(2)21(13,3)4;2*1-7-5-3-2-4-6-7;1-2-4-5-3-1;;;;/h7,13,16-18H,5-6,8-12H2,1-4H3;2*2-3,5-6H,1H3;1-3H,4H2;1H2;2*1H;. The number of fused-ring (bicyclic) bond motifs is 4. The molecule has 2 fully saturated rings. The van der Waals surface area contributed by atoms with E-state index in [0.717, 1.165) is 18.3 Å². The molecule has 0 radical (unpaired) electrons. The van der Waals surface area contributed by atoms with Crippen molar-refractivity contribution in [1.82, 2.24) is 0 Å². The molecular formula is C41H54Cl2Zr. The van der Waals surface area contributed by atoms with Crippen LogP contribution in [0.3, 0.4) is 0 Å². The van der Waals surface area contributed by atoms with Crippen molar-refractivity contribution in [2.45, 2.75) is 96.0 Å². The molecule has 0 N–H and O–H groups in total. The Bertz CT molecular complexity index is 1600. The molecule has 5 atom stereocenters. The van der Waals surface area contributed by atoms with Gasteiger partial charge < -0.3 is 0 Å². The Morgan fingerprint density at radius 3 is 2.11 bits per heavy atom. The summed E-state index contributed by atoms with van der Waals surface area (Å²) in [7, 11) is 0. The van der Waals surface area contributed by atoms with Crippen LogP contribution in [0.25, 0.3) is 0 Å². The summed E-state index contributed by atoms with van der Waals surface area (Å²) in [6.07, 6.45) is 20.4. The third-order valence-corrected chi connectivity index (χ3v) is 34.0. The van der Waals surface area contributed by atoms with Crippen LogP contribution in [0.4, 0.5) is 0 Å². The van der Waals surface area contributed by atoms with Gasteiger partial charge in [-0.1, -0.05) is 0 Å². The van der Waals surface area contributed by atoms with Gasteiger partial charge in [0.15, 0.2) is 0 Å². The van der Waals surface area contributed by atoms with Crippen LogP contribution >= 0.6 is 24.8 Å². The van der Waals surface area contributed by atoms with Crippen LogP contribution in [0.1, 0.15) is 90.2 Å². The Morgan fingerprint density at radius 1 is 0.864 bits per heavy atom. The zero-order valence-electron chi connectivity index (χ0n) is 27.9. The first-order chi connectivity index (χ1) is 20.0. The molecule has 5 aliphatic rings. The summed E-state index contributed by atoms with van der Waals surface area (Å²) in [5, 5.41) is 0. The molecule has 0 aliphatic heterocycles. The van der Waals surface area contributed by atoms with Crippen LogP contribution in [-0.4, -0.2) is 4.21 Å². The van der Waals surface area contributed by atoms with Crippen LogP contribution in [0.15, 0.2) is 92.8 Å². The Labute approximate surface area is 281 Å². The van der Waals surface area contributed by atoms with Gasteiger partial charge in [0.05, 0.1) is 0 Å². The van der Waals surface area contributed by atoms with E-state index in [1.165, 1.54) is 56.1 Å². The van der Waals surface area contributed by atoms with E-state index in [1.54, 1.807) is 15.4 Å². The van der Waals surface area contributed by atoms with Crippen molar-refractivity contribution < 1.29 is 18.3 Å². The predicted molar refractivity (Wildman–Crippen MR) is 194 cm³/mol. The van der Waals surface area contributed by atoms with Crippen molar-refractivity contribution in [1.29, 1.82) is 0 Å². The van der Waals surface area contributed by atoms with E-state index in [1.807, 2.05) is 11.1 Å². The van der Waals surface area contributed by atoms with Crippen LogP contribution in [0.2, 0.25) is 3.12 Å². The molecule has 2 saturated carbocycles. The Kier molecular flexibility index (Phi) is 9.11. The molecule has 3 heteroatoms. The van der Waals surface area contributed by atoms with Gasteiger partial charge in [0.25, 0.3) is 0 Å².